The molecule has 0 radical (unpaired) electrons. The van der Waals surface area contributed by atoms with Crippen molar-refractivity contribution < 1.29 is 0 Å². The molecule has 1 aromatic carbocycles. The van der Waals surface area contributed by atoms with E-state index in [0.29, 0.717) is 32.6 Å². The van der Waals surface area contributed by atoms with Crippen molar-refractivity contribution >= 4 is 40.5 Å². The van der Waals surface area contributed by atoms with Gasteiger partial charge in [0.05, 0.1) is 38.2 Å². The fourth-order valence-corrected chi connectivity index (χ4v) is 2.08. The van der Waals surface area contributed by atoms with Crippen LogP contribution in [-0.4, -0.2) is 4.98 Å². The number of benzene rings is 1. The second kappa shape index (κ2) is 5.03. The van der Waals surface area contributed by atoms with Gasteiger partial charge < -0.3 is 5.73 Å². The van der Waals surface area contributed by atoms with Crippen LogP contribution >= 0.6 is 34.8 Å². The molecule has 6 heteroatoms. The van der Waals surface area contributed by atoms with Gasteiger partial charge in [0.2, 0.25) is 0 Å². The number of rotatable bonds is 1. The molecule has 0 unspecified atom stereocenters. The van der Waals surface area contributed by atoms with E-state index < -0.39 is 0 Å². The Morgan fingerprint density at radius 2 is 1.72 bits per heavy atom. The van der Waals surface area contributed by atoms with Crippen molar-refractivity contribution in [3.63, 3.8) is 0 Å². The number of aromatic nitrogens is 1. The molecule has 0 amide bonds. The van der Waals surface area contributed by atoms with Gasteiger partial charge in [-0.05, 0) is 18.2 Å². The summed E-state index contributed by atoms with van der Waals surface area (Å²) in [5, 5.41) is 9.95. The third-order valence-electron chi connectivity index (χ3n) is 2.29. The first-order valence-electron chi connectivity index (χ1n) is 4.83. The first-order chi connectivity index (χ1) is 8.52. The molecule has 18 heavy (non-hydrogen) atoms. The Balaban J connectivity index is 2.67. The molecule has 0 aliphatic heterocycles. The predicted octanol–water partition coefficient (Wildman–Crippen LogP) is 4.16. The number of anilines is 1. The SMILES string of the molecule is N#Cc1cc(N)cnc1-c1cc(Cl)c(Cl)c(Cl)c1. The van der Waals surface area contributed by atoms with Gasteiger partial charge in [0, 0.05) is 5.56 Å². The zero-order valence-electron chi connectivity index (χ0n) is 8.92. The van der Waals surface area contributed by atoms with Crippen molar-refractivity contribution in [2.45, 2.75) is 0 Å². The lowest BCUT2D eigenvalue weighted by Crippen LogP contribution is -1.93. The molecule has 1 aromatic heterocycles. The maximum absolute atomic E-state index is 9.06. The third kappa shape index (κ3) is 2.37. The predicted molar refractivity (Wildman–Crippen MR) is 73.8 cm³/mol. The van der Waals surface area contributed by atoms with Crippen molar-refractivity contribution in [3.8, 4) is 17.3 Å². The van der Waals surface area contributed by atoms with E-state index in [2.05, 4.69) is 4.98 Å². The first kappa shape index (κ1) is 13.0. The smallest absolute Gasteiger partial charge is 0.102 e. The van der Waals surface area contributed by atoms with Crippen molar-refractivity contribution in [1.29, 1.82) is 5.26 Å². The number of pyridine rings is 1. The van der Waals surface area contributed by atoms with Gasteiger partial charge in [-0.1, -0.05) is 34.8 Å². The average molecular weight is 299 g/mol. The Bertz CT molecular complexity index is 639. The van der Waals surface area contributed by atoms with Gasteiger partial charge in [-0.25, -0.2) is 0 Å². The minimum atomic E-state index is 0.274. The molecule has 0 spiro atoms. The van der Waals surface area contributed by atoms with Crippen LogP contribution in [-0.2, 0) is 0 Å². The van der Waals surface area contributed by atoms with E-state index in [1.54, 1.807) is 18.2 Å². The lowest BCUT2D eigenvalue weighted by Gasteiger charge is -2.07. The van der Waals surface area contributed by atoms with Crippen LogP contribution in [0.25, 0.3) is 11.3 Å². The molecular formula is C12H6Cl3N3. The van der Waals surface area contributed by atoms with Crippen molar-refractivity contribution in [2.24, 2.45) is 0 Å². The molecule has 0 bridgehead atoms. The Morgan fingerprint density at radius 1 is 1.11 bits per heavy atom. The van der Waals surface area contributed by atoms with Crippen LogP contribution in [0.15, 0.2) is 24.4 Å². The van der Waals surface area contributed by atoms with Crippen LogP contribution in [0.3, 0.4) is 0 Å². The summed E-state index contributed by atoms with van der Waals surface area (Å²) < 4.78 is 0. The van der Waals surface area contributed by atoms with Gasteiger partial charge in [0.1, 0.15) is 6.07 Å². The molecule has 0 aliphatic carbocycles. The number of nitrogens with zero attached hydrogens (tertiary/aromatic N) is 2. The summed E-state index contributed by atoms with van der Waals surface area (Å²) in [4.78, 5) is 4.12. The van der Waals surface area contributed by atoms with Crippen molar-refractivity contribution in [1.82, 2.24) is 4.98 Å². The van der Waals surface area contributed by atoms with Crippen molar-refractivity contribution in [3.05, 3.63) is 45.0 Å². The summed E-state index contributed by atoms with van der Waals surface area (Å²) in [5.41, 5.74) is 7.43. The molecule has 0 saturated carbocycles. The lowest BCUT2D eigenvalue weighted by molar-refractivity contribution is 1.30. The molecule has 2 aromatic rings. The van der Waals surface area contributed by atoms with Crippen LogP contribution in [0.5, 0.6) is 0 Å². The average Bonchev–Trinajstić information content (AvgIpc) is 2.35. The highest BCUT2D eigenvalue weighted by molar-refractivity contribution is 6.48. The van der Waals surface area contributed by atoms with Gasteiger partial charge in [0.15, 0.2) is 0 Å². The highest BCUT2D eigenvalue weighted by atomic mass is 35.5. The number of halogens is 3. The van der Waals surface area contributed by atoms with Gasteiger partial charge in [-0.15, -0.1) is 0 Å². The maximum Gasteiger partial charge on any atom is 0.102 e. The van der Waals surface area contributed by atoms with Crippen LogP contribution in [0, 0.1) is 11.3 Å². The monoisotopic (exact) mass is 297 g/mol. The summed E-state index contributed by atoms with van der Waals surface area (Å²) in [7, 11) is 0. The zero-order valence-corrected chi connectivity index (χ0v) is 11.2. The van der Waals surface area contributed by atoms with Gasteiger partial charge >= 0.3 is 0 Å². The van der Waals surface area contributed by atoms with E-state index in [0.717, 1.165) is 0 Å². The van der Waals surface area contributed by atoms with Gasteiger partial charge in [-0.3, -0.25) is 4.98 Å². The minimum absolute atomic E-state index is 0.274. The van der Waals surface area contributed by atoms with Gasteiger partial charge in [0.25, 0.3) is 0 Å². The maximum atomic E-state index is 9.06. The topological polar surface area (TPSA) is 62.7 Å². The fraction of sp³-hybridized carbons (Fsp3) is 0. The molecule has 0 fully saturated rings. The minimum Gasteiger partial charge on any atom is -0.397 e. The molecule has 2 N–H and O–H groups in total. The highest BCUT2D eigenvalue weighted by Crippen LogP contribution is 2.35. The second-order valence-electron chi connectivity index (χ2n) is 3.53. The number of nitrogen functional groups attached to an aromatic ring is 1. The van der Waals surface area contributed by atoms with Gasteiger partial charge in [-0.2, -0.15) is 5.26 Å². The molecule has 0 atom stereocenters. The molecular weight excluding hydrogens is 293 g/mol. The van der Waals surface area contributed by atoms with Crippen LogP contribution in [0.2, 0.25) is 15.1 Å². The van der Waals surface area contributed by atoms with Crippen LogP contribution in [0.4, 0.5) is 5.69 Å². The Labute approximate surface area is 119 Å². The number of nitrogens with two attached hydrogens (primary N) is 1. The second-order valence-corrected chi connectivity index (χ2v) is 4.72. The van der Waals surface area contributed by atoms with Crippen molar-refractivity contribution in [2.75, 3.05) is 5.73 Å². The zero-order chi connectivity index (χ0) is 13.3. The highest BCUT2D eigenvalue weighted by Gasteiger charge is 2.12. The molecule has 2 rings (SSSR count). The van der Waals surface area contributed by atoms with E-state index in [1.165, 1.54) is 6.20 Å². The number of hydrogen-bond acceptors (Lipinski definition) is 3. The van der Waals surface area contributed by atoms with E-state index in [-0.39, 0.29) is 5.02 Å². The Kier molecular flexibility index (Phi) is 3.63. The Hall–Kier alpha value is -1.47. The molecule has 0 saturated heterocycles. The fourth-order valence-electron chi connectivity index (χ4n) is 1.49. The third-order valence-corrected chi connectivity index (χ3v) is 3.48. The van der Waals surface area contributed by atoms with E-state index in [1.807, 2.05) is 6.07 Å². The number of nitriles is 1. The van der Waals surface area contributed by atoms with Crippen LogP contribution < -0.4 is 5.73 Å². The molecule has 90 valence electrons. The van der Waals surface area contributed by atoms with E-state index in [9.17, 15) is 0 Å². The van der Waals surface area contributed by atoms with E-state index >= 15 is 0 Å². The number of hydrogen-bond donors (Lipinski definition) is 1. The summed E-state index contributed by atoms with van der Waals surface area (Å²) in [6.45, 7) is 0. The molecule has 0 aliphatic rings. The Morgan fingerprint density at radius 3 is 2.28 bits per heavy atom. The largest absolute Gasteiger partial charge is 0.397 e. The summed E-state index contributed by atoms with van der Waals surface area (Å²) in [6, 6.07) is 6.78. The van der Waals surface area contributed by atoms with E-state index in [4.69, 9.17) is 45.8 Å². The lowest BCUT2D eigenvalue weighted by atomic mass is 10.1. The summed E-state index contributed by atoms with van der Waals surface area (Å²) >= 11 is 17.8. The van der Waals surface area contributed by atoms with Crippen LogP contribution in [0.1, 0.15) is 5.56 Å². The quantitative estimate of drug-likeness (QED) is 0.804. The summed E-state index contributed by atoms with van der Waals surface area (Å²) in [6.07, 6.45) is 1.46. The molecule has 1 heterocycles. The standard InChI is InChI=1S/C12H6Cl3N3/c13-9-2-6(3-10(14)11(9)15)12-7(4-16)1-8(17)5-18-12/h1-3,5H,17H2. The summed E-state index contributed by atoms with van der Waals surface area (Å²) in [5.74, 6) is 0. The normalized spacial score (nSPS) is 10.1. The molecule has 3 nitrogen and oxygen atoms in total. The first-order valence-corrected chi connectivity index (χ1v) is 5.97.